The minimum absolute atomic E-state index is 0.120. The van der Waals surface area contributed by atoms with Gasteiger partial charge in [-0.2, -0.15) is 0 Å². The van der Waals surface area contributed by atoms with Gasteiger partial charge >= 0.3 is 0 Å². The first kappa shape index (κ1) is 22.3. The summed E-state index contributed by atoms with van der Waals surface area (Å²) < 4.78 is 5.59. The molecule has 3 amide bonds. The molecule has 8 heteroatoms. The van der Waals surface area contributed by atoms with Gasteiger partial charge in [0.25, 0.3) is 17.7 Å². The number of hydrogen-bond donors (Lipinski definition) is 2. The summed E-state index contributed by atoms with van der Waals surface area (Å²) >= 11 is 0. The summed E-state index contributed by atoms with van der Waals surface area (Å²) in [5.74, 6) is -0.00202. The third-order valence-electron chi connectivity index (χ3n) is 6.39. The molecule has 0 bridgehead atoms. The van der Waals surface area contributed by atoms with E-state index >= 15 is 0 Å². The van der Waals surface area contributed by atoms with E-state index in [9.17, 15) is 14.4 Å². The Kier molecular flexibility index (Phi) is 5.91. The van der Waals surface area contributed by atoms with E-state index in [1.54, 1.807) is 12.1 Å². The molecule has 1 aromatic heterocycles. The van der Waals surface area contributed by atoms with Crippen molar-refractivity contribution >= 4 is 28.8 Å². The molecule has 2 N–H and O–H groups in total. The summed E-state index contributed by atoms with van der Waals surface area (Å²) in [7, 11) is 0. The van der Waals surface area contributed by atoms with Gasteiger partial charge in [-0.15, -0.1) is 0 Å². The number of nitrogens with one attached hydrogen (secondary N) is 2. The third kappa shape index (κ3) is 4.21. The molecule has 1 fully saturated rings. The van der Waals surface area contributed by atoms with Gasteiger partial charge in [0, 0.05) is 12.2 Å². The molecule has 34 heavy (non-hydrogen) atoms. The zero-order valence-corrected chi connectivity index (χ0v) is 19.3. The van der Waals surface area contributed by atoms with Gasteiger partial charge < -0.3 is 15.0 Å². The van der Waals surface area contributed by atoms with Crippen molar-refractivity contribution in [1.29, 1.82) is 0 Å². The van der Waals surface area contributed by atoms with Crippen LogP contribution < -0.4 is 5.32 Å². The fraction of sp³-hybridized carbons (Fsp3) is 0.385. The van der Waals surface area contributed by atoms with Gasteiger partial charge in [0.2, 0.25) is 0 Å². The second kappa shape index (κ2) is 9.02. The Balaban J connectivity index is 1.36. The molecule has 2 unspecified atom stereocenters. The molecule has 0 spiro atoms. The number of imide groups is 1. The molecular formula is C26H28N4O4. The molecule has 0 radical (unpaired) electrons. The van der Waals surface area contributed by atoms with Crippen LogP contribution in [0, 0.1) is 5.92 Å². The number of para-hydroxylation sites is 2. The minimum atomic E-state index is -0.374. The van der Waals surface area contributed by atoms with Gasteiger partial charge in [-0.25, -0.2) is 4.98 Å². The lowest BCUT2D eigenvalue weighted by molar-refractivity contribution is 0.0475. The quantitative estimate of drug-likeness (QED) is 0.521. The summed E-state index contributed by atoms with van der Waals surface area (Å²) in [4.78, 5) is 48.1. The van der Waals surface area contributed by atoms with Crippen LogP contribution in [0.4, 0.5) is 0 Å². The standard InChI is InChI=1S/C26H28N4O4/c1-15(2)12-22(23-27-20-7-3-4-8-21(20)28-23)29-24(31)16-9-10-18-19(13-16)26(33)30(25(18)32)14-17-6-5-11-34-17/h3-4,7-10,13,15,17,22H,5-6,11-12,14H2,1-2H3,(H,27,28)(H,29,31). The molecule has 3 heterocycles. The van der Waals surface area contributed by atoms with Crippen LogP contribution in [0.2, 0.25) is 0 Å². The molecule has 8 nitrogen and oxygen atoms in total. The number of aromatic amines is 1. The average Bonchev–Trinajstić information content (AvgIpc) is 3.54. The van der Waals surface area contributed by atoms with Crippen molar-refractivity contribution in [3.8, 4) is 0 Å². The van der Waals surface area contributed by atoms with E-state index in [1.165, 1.54) is 11.0 Å². The summed E-state index contributed by atoms with van der Waals surface area (Å²) in [6, 6.07) is 12.1. The Morgan fingerprint density at radius 1 is 1.18 bits per heavy atom. The number of fused-ring (bicyclic) bond motifs is 2. The molecule has 0 aliphatic carbocycles. The average molecular weight is 461 g/mol. The van der Waals surface area contributed by atoms with Gasteiger partial charge in [-0.1, -0.05) is 26.0 Å². The number of aromatic nitrogens is 2. The fourth-order valence-corrected chi connectivity index (χ4v) is 4.68. The molecule has 2 aliphatic rings. The van der Waals surface area contributed by atoms with Crippen LogP contribution in [0.25, 0.3) is 11.0 Å². The van der Waals surface area contributed by atoms with E-state index in [4.69, 9.17) is 4.74 Å². The maximum Gasteiger partial charge on any atom is 0.261 e. The molecule has 3 aromatic rings. The van der Waals surface area contributed by atoms with Crippen molar-refractivity contribution in [1.82, 2.24) is 20.2 Å². The lowest BCUT2D eigenvalue weighted by Gasteiger charge is -2.19. The number of nitrogens with zero attached hydrogens (tertiary/aromatic N) is 2. The number of carbonyl (C=O) groups excluding carboxylic acids is 3. The molecular weight excluding hydrogens is 432 g/mol. The molecule has 2 atom stereocenters. The van der Waals surface area contributed by atoms with E-state index in [2.05, 4.69) is 29.1 Å². The Labute approximate surface area is 197 Å². The second-order valence-corrected chi connectivity index (χ2v) is 9.41. The molecule has 2 aromatic carbocycles. The third-order valence-corrected chi connectivity index (χ3v) is 6.39. The van der Waals surface area contributed by atoms with Crippen LogP contribution in [-0.2, 0) is 4.74 Å². The molecule has 176 valence electrons. The van der Waals surface area contributed by atoms with Crippen LogP contribution in [0.1, 0.15) is 76.1 Å². The lowest BCUT2D eigenvalue weighted by atomic mass is 10.0. The number of amides is 3. The monoisotopic (exact) mass is 460 g/mol. The first-order valence-corrected chi connectivity index (χ1v) is 11.8. The first-order chi connectivity index (χ1) is 16.4. The number of carbonyl (C=O) groups is 3. The van der Waals surface area contributed by atoms with Crippen molar-refractivity contribution in [2.24, 2.45) is 5.92 Å². The predicted molar refractivity (Wildman–Crippen MR) is 127 cm³/mol. The number of ether oxygens (including phenoxy) is 1. The number of hydrogen-bond acceptors (Lipinski definition) is 5. The zero-order valence-electron chi connectivity index (χ0n) is 19.3. The van der Waals surface area contributed by atoms with Crippen molar-refractivity contribution < 1.29 is 19.1 Å². The molecule has 5 rings (SSSR count). The number of imidazole rings is 1. The van der Waals surface area contributed by atoms with Gasteiger partial charge in [0.05, 0.1) is 40.9 Å². The Hall–Kier alpha value is -3.52. The SMILES string of the molecule is CC(C)CC(NC(=O)c1ccc2c(c1)C(=O)N(CC1CCCO1)C2=O)c1nc2ccccc2[nH]1. The summed E-state index contributed by atoms with van der Waals surface area (Å²) in [5.41, 5.74) is 2.68. The number of benzene rings is 2. The second-order valence-electron chi connectivity index (χ2n) is 9.41. The number of H-pyrrole nitrogens is 1. The summed E-state index contributed by atoms with van der Waals surface area (Å²) in [5, 5.41) is 3.07. The predicted octanol–water partition coefficient (Wildman–Crippen LogP) is 3.86. The van der Waals surface area contributed by atoms with Crippen molar-refractivity contribution in [2.45, 2.75) is 45.3 Å². The van der Waals surface area contributed by atoms with E-state index in [-0.39, 0.29) is 42.0 Å². The molecule has 2 aliphatic heterocycles. The van der Waals surface area contributed by atoms with Crippen LogP contribution >= 0.6 is 0 Å². The van der Waals surface area contributed by atoms with E-state index < -0.39 is 0 Å². The smallest absolute Gasteiger partial charge is 0.261 e. The maximum absolute atomic E-state index is 13.2. The van der Waals surface area contributed by atoms with Gasteiger partial charge in [0.1, 0.15) is 5.82 Å². The van der Waals surface area contributed by atoms with E-state index in [1.807, 2.05) is 24.3 Å². The lowest BCUT2D eigenvalue weighted by Crippen LogP contribution is -2.36. The van der Waals surface area contributed by atoms with Crippen LogP contribution in [0.5, 0.6) is 0 Å². The van der Waals surface area contributed by atoms with Crippen LogP contribution in [-0.4, -0.2) is 51.8 Å². The van der Waals surface area contributed by atoms with E-state index in [0.29, 0.717) is 35.9 Å². The highest BCUT2D eigenvalue weighted by Crippen LogP contribution is 2.27. The normalized spacial score (nSPS) is 18.7. The minimum Gasteiger partial charge on any atom is -0.376 e. The summed E-state index contributed by atoms with van der Waals surface area (Å²) in [6.07, 6.45) is 2.34. The van der Waals surface area contributed by atoms with Crippen molar-refractivity contribution in [3.63, 3.8) is 0 Å². The number of rotatable bonds is 7. The fourth-order valence-electron chi connectivity index (χ4n) is 4.68. The van der Waals surface area contributed by atoms with Crippen molar-refractivity contribution in [2.75, 3.05) is 13.2 Å². The highest BCUT2D eigenvalue weighted by atomic mass is 16.5. The summed E-state index contributed by atoms with van der Waals surface area (Å²) in [6.45, 7) is 5.07. The largest absolute Gasteiger partial charge is 0.376 e. The van der Waals surface area contributed by atoms with Gasteiger partial charge in [-0.05, 0) is 55.5 Å². The Morgan fingerprint density at radius 2 is 1.97 bits per heavy atom. The molecule has 0 saturated carbocycles. The van der Waals surface area contributed by atoms with Gasteiger partial charge in [-0.3, -0.25) is 19.3 Å². The highest BCUT2D eigenvalue weighted by molar-refractivity contribution is 6.22. The van der Waals surface area contributed by atoms with Crippen molar-refractivity contribution in [3.05, 3.63) is 65.0 Å². The Bertz CT molecular complexity index is 1230. The first-order valence-electron chi connectivity index (χ1n) is 11.8. The van der Waals surface area contributed by atoms with Gasteiger partial charge in [0.15, 0.2) is 0 Å². The topological polar surface area (TPSA) is 104 Å². The van der Waals surface area contributed by atoms with E-state index in [0.717, 1.165) is 23.9 Å². The van der Waals surface area contributed by atoms with Crippen LogP contribution in [0.15, 0.2) is 42.5 Å². The molecule has 1 saturated heterocycles. The highest BCUT2D eigenvalue weighted by Gasteiger charge is 2.38. The van der Waals surface area contributed by atoms with Crippen LogP contribution in [0.3, 0.4) is 0 Å². The Morgan fingerprint density at radius 3 is 2.71 bits per heavy atom. The zero-order chi connectivity index (χ0) is 23.8. The maximum atomic E-state index is 13.2.